The SMILES string of the molecule is O=C(O)COc1cccc(NC(=O)C2CC3CCC2O3)c1. The molecule has 0 spiro atoms. The zero-order valence-electron chi connectivity index (χ0n) is 11.5. The fourth-order valence-electron chi connectivity index (χ4n) is 2.96. The molecule has 3 rings (SSSR count). The van der Waals surface area contributed by atoms with Crippen molar-refractivity contribution in [2.24, 2.45) is 5.92 Å². The summed E-state index contributed by atoms with van der Waals surface area (Å²) in [4.78, 5) is 22.7. The summed E-state index contributed by atoms with van der Waals surface area (Å²) in [5.74, 6) is -0.757. The maximum absolute atomic E-state index is 12.3. The lowest BCUT2D eigenvalue weighted by Gasteiger charge is -2.18. The standard InChI is InChI=1S/C15H17NO5/c17-14(18)8-20-10-3-1-2-9(6-10)16-15(19)12-7-11-4-5-13(12)21-11/h1-3,6,11-13H,4-5,7-8H2,(H,16,19)(H,17,18). The summed E-state index contributed by atoms with van der Waals surface area (Å²) in [6, 6.07) is 6.73. The van der Waals surface area contributed by atoms with Crippen molar-refractivity contribution < 1.29 is 24.2 Å². The Morgan fingerprint density at radius 2 is 2.24 bits per heavy atom. The van der Waals surface area contributed by atoms with Gasteiger partial charge in [0.2, 0.25) is 5.91 Å². The molecular weight excluding hydrogens is 274 g/mol. The predicted molar refractivity (Wildman–Crippen MR) is 74.2 cm³/mol. The van der Waals surface area contributed by atoms with E-state index < -0.39 is 12.6 Å². The molecule has 3 unspecified atom stereocenters. The summed E-state index contributed by atoms with van der Waals surface area (Å²) in [6.45, 7) is -0.405. The molecule has 2 heterocycles. The summed E-state index contributed by atoms with van der Waals surface area (Å²) in [5.41, 5.74) is 0.602. The number of nitrogens with one attached hydrogen (secondary N) is 1. The predicted octanol–water partition coefficient (Wildman–Crippen LogP) is 1.66. The maximum atomic E-state index is 12.3. The van der Waals surface area contributed by atoms with Crippen molar-refractivity contribution in [3.05, 3.63) is 24.3 Å². The smallest absolute Gasteiger partial charge is 0.341 e. The summed E-state index contributed by atoms with van der Waals surface area (Å²) < 4.78 is 10.8. The Bertz CT molecular complexity index is 559. The summed E-state index contributed by atoms with van der Waals surface area (Å²) >= 11 is 0. The van der Waals surface area contributed by atoms with Crippen LogP contribution >= 0.6 is 0 Å². The van der Waals surface area contributed by atoms with Gasteiger partial charge in [-0.1, -0.05) is 6.07 Å². The van der Waals surface area contributed by atoms with Gasteiger partial charge in [0.1, 0.15) is 5.75 Å². The van der Waals surface area contributed by atoms with Gasteiger partial charge < -0.3 is 19.9 Å². The van der Waals surface area contributed by atoms with Crippen LogP contribution in [0.25, 0.3) is 0 Å². The first kappa shape index (κ1) is 13.9. The van der Waals surface area contributed by atoms with Gasteiger partial charge in [0, 0.05) is 11.8 Å². The van der Waals surface area contributed by atoms with Crippen LogP contribution in [0.1, 0.15) is 19.3 Å². The van der Waals surface area contributed by atoms with Crippen LogP contribution < -0.4 is 10.1 Å². The van der Waals surface area contributed by atoms with E-state index >= 15 is 0 Å². The molecule has 2 aliphatic rings. The minimum absolute atomic E-state index is 0.0430. The summed E-state index contributed by atoms with van der Waals surface area (Å²) in [7, 11) is 0. The fourth-order valence-corrected chi connectivity index (χ4v) is 2.96. The molecule has 6 nitrogen and oxygen atoms in total. The van der Waals surface area contributed by atoms with Crippen molar-refractivity contribution in [2.45, 2.75) is 31.5 Å². The minimum Gasteiger partial charge on any atom is -0.482 e. The second kappa shape index (κ2) is 5.73. The van der Waals surface area contributed by atoms with E-state index in [0.717, 1.165) is 19.3 Å². The molecule has 0 aromatic heterocycles. The first-order chi connectivity index (χ1) is 10.1. The van der Waals surface area contributed by atoms with E-state index in [2.05, 4.69) is 5.32 Å². The zero-order chi connectivity index (χ0) is 14.8. The van der Waals surface area contributed by atoms with Crippen LogP contribution in [-0.2, 0) is 14.3 Å². The minimum atomic E-state index is -1.04. The molecule has 1 aromatic rings. The Kier molecular flexibility index (Phi) is 3.79. The molecule has 0 radical (unpaired) electrons. The highest BCUT2D eigenvalue weighted by Crippen LogP contribution is 2.39. The van der Waals surface area contributed by atoms with Crippen molar-refractivity contribution >= 4 is 17.6 Å². The van der Waals surface area contributed by atoms with Crippen molar-refractivity contribution in [1.29, 1.82) is 0 Å². The van der Waals surface area contributed by atoms with E-state index in [0.29, 0.717) is 11.4 Å². The Morgan fingerprint density at radius 1 is 1.38 bits per heavy atom. The molecule has 2 aliphatic heterocycles. The number of ether oxygens (including phenoxy) is 2. The number of carbonyl (C=O) groups is 2. The number of fused-ring (bicyclic) bond motifs is 2. The number of hydrogen-bond donors (Lipinski definition) is 2. The van der Waals surface area contributed by atoms with E-state index in [1.165, 1.54) is 0 Å². The summed E-state index contributed by atoms with van der Waals surface area (Å²) in [6.07, 6.45) is 3.06. The molecule has 3 atom stereocenters. The number of hydrogen-bond acceptors (Lipinski definition) is 4. The number of aliphatic carboxylic acids is 1. The molecule has 2 fully saturated rings. The molecule has 0 saturated carbocycles. The van der Waals surface area contributed by atoms with Gasteiger partial charge in [-0.25, -0.2) is 4.79 Å². The topological polar surface area (TPSA) is 84.9 Å². The van der Waals surface area contributed by atoms with Gasteiger partial charge in [-0.3, -0.25) is 4.79 Å². The van der Waals surface area contributed by atoms with Gasteiger partial charge in [-0.15, -0.1) is 0 Å². The largest absolute Gasteiger partial charge is 0.482 e. The maximum Gasteiger partial charge on any atom is 0.341 e. The van der Waals surface area contributed by atoms with Crippen LogP contribution in [0, 0.1) is 5.92 Å². The number of carboxylic acid groups (broad SMARTS) is 1. The summed E-state index contributed by atoms with van der Waals surface area (Å²) in [5, 5.41) is 11.4. The van der Waals surface area contributed by atoms with Crippen molar-refractivity contribution in [1.82, 2.24) is 0 Å². The normalized spacial score (nSPS) is 26.6. The second-order valence-electron chi connectivity index (χ2n) is 5.42. The average molecular weight is 291 g/mol. The number of anilines is 1. The van der Waals surface area contributed by atoms with Crippen LogP contribution in [0.2, 0.25) is 0 Å². The molecule has 21 heavy (non-hydrogen) atoms. The van der Waals surface area contributed by atoms with Gasteiger partial charge in [0.05, 0.1) is 18.1 Å². The number of amides is 1. The second-order valence-corrected chi connectivity index (χ2v) is 5.42. The van der Waals surface area contributed by atoms with Gasteiger partial charge in [0.15, 0.2) is 6.61 Å². The fraction of sp³-hybridized carbons (Fsp3) is 0.467. The van der Waals surface area contributed by atoms with Crippen LogP contribution in [0.5, 0.6) is 5.75 Å². The van der Waals surface area contributed by atoms with E-state index in [1.807, 2.05) is 0 Å². The number of carbonyl (C=O) groups excluding carboxylic acids is 1. The van der Waals surface area contributed by atoms with Crippen molar-refractivity contribution in [2.75, 3.05) is 11.9 Å². The van der Waals surface area contributed by atoms with E-state index in [1.54, 1.807) is 24.3 Å². The van der Waals surface area contributed by atoms with Gasteiger partial charge in [-0.2, -0.15) is 0 Å². The molecular formula is C15H17NO5. The monoisotopic (exact) mass is 291 g/mol. The molecule has 2 bridgehead atoms. The lowest BCUT2D eigenvalue weighted by molar-refractivity contribution is -0.139. The molecule has 6 heteroatoms. The Balaban J connectivity index is 1.60. The molecule has 1 aromatic carbocycles. The Morgan fingerprint density at radius 3 is 2.90 bits per heavy atom. The average Bonchev–Trinajstić information content (AvgIpc) is 3.08. The molecule has 1 amide bonds. The first-order valence-electron chi connectivity index (χ1n) is 7.03. The molecule has 112 valence electrons. The Hall–Kier alpha value is -2.08. The van der Waals surface area contributed by atoms with Gasteiger partial charge in [-0.05, 0) is 31.4 Å². The highest BCUT2D eigenvalue weighted by molar-refractivity contribution is 5.93. The molecule has 2 N–H and O–H groups in total. The van der Waals surface area contributed by atoms with Crippen molar-refractivity contribution in [3.8, 4) is 5.75 Å². The molecule has 0 aliphatic carbocycles. The van der Waals surface area contributed by atoms with Gasteiger partial charge >= 0.3 is 5.97 Å². The lowest BCUT2D eigenvalue weighted by atomic mass is 9.88. The van der Waals surface area contributed by atoms with Gasteiger partial charge in [0.25, 0.3) is 0 Å². The van der Waals surface area contributed by atoms with Crippen LogP contribution in [-0.4, -0.2) is 35.8 Å². The van der Waals surface area contributed by atoms with Crippen LogP contribution in [0.3, 0.4) is 0 Å². The lowest BCUT2D eigenvalue weighted by Crippen LogP contribution is -2.30. The van der Waals surface area contributed by atoms with Crippen LogP contribution in [0.4, 0.5) is 5.69 Å². The number of rotatable bonds is 5. The molecule has 2 saturated heterocycles. The highest BCUT2D eigenvalue weighted by Gasteiger charge is 2.44. The highest BCUT2D eigenvalue weighted by atomic mass is 16.5. The van der Waals surface area contributed by atoms with E-state index in [-0.39, 0.29) is 24.0 Å². The first-order valence-corrected chi connectivity index (χ1v) is 7.03. The van der Waals surface area contributed by atoms with Crippen LogP contribution in [0.15, 0.2) is 24.3 Å². The Labute approximate surface area is 122 Å². The van der Waals surface area contributed by atoms with E-state index in [9.17, 15) is 9.59 Å². The number of carboxylic acids is 1. The third kappa shape index (κ3) is 3.16. The quantitative estimate of drug-likeness (QED) is 0.861. The van der Waals surface area contributed by atoms with E-state index in [4.69, 9.17) is 14.6 Å². The zero-order valence-corrected chi connectivity index (χ0v) is 11.5. The number of benzene rings is 1. The third-order valence-corrected chi connectivity index (χ3v) is 3.91. The third-order valence-electron chi connectivity index (χ3n) is 3.91. The van der Waals surface area contributed by atoms with Crippen molar-refractivity contribution in [3.63, 3.8) is 0 Å².